The van der Waals surface area contributed by atoms with E-state index in [-0.39, 0.29) is 10.9 Å². The quantitative estimate of drug-likeness (QED) is 0.235. The summed E-state index contributed by atoms with van der Waals surface area (Å²) >= 11 is 11.2. The van der Waals surface area contributed by atoms with Crippen molar-refractivity contribution in [1.29, 1.82) is 0 Å². The lowest BCUT2D eigenvalue weighted by molar-refractivity contribution is -0.189. The average Bonchev–Trinajstić information content (AvgIpc) is 2.62. The number of alkyl halides is 4. The van der Waals surface area contributed by atoms with Crippen molar-refractivity contribution in [1.82, 2.24) is 0 Å². The van der Waals surface area contributed by atoms with E-state index >= 15 is 0 Å². The van der Waals surface area contributed by atoms with Crippen molar-refractivity contribution < 1.29 is 32.3 Å². The number of halogens is 5. The molecule has 1 rings (SSSR count). The van der Waals surface area contributed by atoms with E-state index < -0.39 is 28.7 Å². The molecule has 0 aliphatic rings. The number of carbonyl (C=O) groups is 2. The number of rotatable bonds is 5. The van der Waals surface area contributed by atoms with Gasteiger partial charge in [0.25, 0.3) is 4.87 Å². The summed E-state index contributed by atoms with van der Waals surface area (Å²) in [5.74, 6) is -1.67. The molecule has 0 heterocycles. The van der Waals surface area contributed by atoms with Gasteiger partial charge in [-0.25, -0.2) is 9.59 Å². The van der Waals surface area contributed by atoms with E-state index in [0.717, 1.165) is 36.3 Å². The van der Waals surface area contributed by atoms with Crippen LogP contribution in [-0.2, 0) is 19.2 Å². The van der Waals surface area contributed by atoms with Gasteiger partial charge in [-0.05, 0) is 17.7 Å². The van der Waals surface area contributed by atoms with Crippen LogP contribution in [0.4, 0.5) is 23.7 Å². The van der Waals surface area contributed by atoms with Crippen LogP contribution in [0, 0.1) is 0 Å². The summed E-state index contributed by atoms with van der Waals surface area (Å²) in [5, 5.41) is 3.44. The molecule has 0 saturated heterocycles. The Kier molecular flexibility index (Phi) is 7.28. The molecule has 144 valence electrons. The molecule has 0 aromatic heterocycles. The van der Waals surface area contributed by atoms with E-state index in [9.17, 15) is 22.8 Å². The van der Waals surface area contributed by atoms with Gasteiger partial charge in [0.2, 0.25) is 0 Å². The Hall–Kier alpha value is -2.00. The van der Waals surface area contributed by atoms with Crippen LogP contribution < -0.4 is 4.90 Å². The summed E-state index contributed by atoms with van der Waals surface area (Å²) in [5.41, 5.74) is -0.385. The number of amides is 1. The standard InChI is InChI=1S/C15H15Cl2F3N2O4/c1-4-11(16)21-26-13(24)22(2)10-7-5-9(6-8-10)14(17,12(23)25-3)15(18,19)20/h5-8H,4H2,1-3H3/b21-11+/t14-/m0/s1. The molecule has 0 aliphatic carbocycles. The highest BCUT2D eigenvalue weighted by Crippen LogP contribution is 2.46. The van der Waals surface area contributed by atoms with Gasteiger partial charge in [-0.2, -0.15) is 13.2 Å². The number of ether oxygens (including phenoxy) is 1. The molecule has 1 aromatic rings. The van der Waals surface area contributed by atoms with Crippen LogP contribution in [0.25, 0.3) is 0 Å². The van der Waals surface area contributed by atoms with Crippen molar-refractivity contribution >= 4 is 46.1 Å². The zero-order valence-corrected chi connectivity index (χ0v) is 15.4. The largest absolute Gasteiger partial charge is 0.467 e. The minimum atomic E-state index is -5.10. The Morgan fingerprint density at radius 1 is 1.23 bits per heavy atom. The lowest BCUT2D eigenvalue weighted by atomic mass is 9.97. The number of hydrogen-bond donors (Lipinski definition) is 0. The first kappa shape index (κ1) is 22.0. The molecule has 0 unspecified atom stereocenters. The molecule has 6 nitrogen and oxygen atoms in total. The molecule has 0 spiro atoms. The van der Waals surface area contributed by atoms with Crippen molar-refractivity contribution in [2.75, 3.05) is 19.1 Å². The predicted octanol–water partition coefficient (Wildman–Crippen LogP) is 4.39. The second kappa shape index (κ2) is 8.59. The highest BCUT2D eigenvalue weighted by molar-refractivity contribution is 6.65. The summed E-state index contributed by atoms with van der Waals surface area (Å²) in [6.07, 6.45) is -5.65. The molecule has 1 aromatic carbocycles. The zero-order chi connectivity index (χ0) is 20.1. The number of methoxy groups -OCH3 is 1. The van der Waals surface area contributed by atoms with Gasteiger partial charge in [0.15, 0.2) is 0 Å². The number of benzene rings is 1. The molecule has 0 radical (unpaired) electrons. The van der Waals surface area contributed by atoms with Crippen LogP contribution in [0.15, 0.2) is 29.4 Å². The molecule has 26 heavy (non-hydrogen) atoms. The van der Waals surface area contributed by atoms with E-state index in [2.05, 4.69) is 14.7 Å². The van der Waals surface area contributed by atoms with Crippen molar-refractivity contribution in [2.24, 2.45) is 5.16 Å². The number of hydrogen-bond acceptors (Lipinski definition) is 5. The third-order valence-corrected chi connectivity index (χ3v) is 4.22. The van der Waals surface area contributed by atoms with Gasteiger partial charge in [-0.3, -0.25) is 9.74 Å². The minimum Gasteiger partial charge on any atom is -0.467 e. The van der Waals surface area contributed by atoms with Gasteiger partial charge in [-0.1, -0.05) is 47.4 Å². The third kappa shape index (κ3) is 4.59. The van der Waals surface area contributed by atoms with Crippen LogP contribution in [-0.4, -0.2) is 37.6 Å². The normalized spacial score (nSPS) is 14.4. The Labute approximate surface area is 157 Å². The average molecular weight is 415 g/mol. The van der Waals surface area contributed by atoms with Crippen LogP contribution in [0.2, 0.25) is 0 Å². The van der Waals surface area contributed by atoms with Crippen molar-refractivity contribution in [2.45, 2.75) is 24.4 Å². The van der Waals surface area contributed by atoms with E-state index in [4.69, 9.17) is 23.2 Å². The van der Waals surface area contributed by atoms with Gasteiger partial charge in [-0.15, -0.1) is 0 Å². The van der Waals surface area contributed by atoms with E-state index in [0.29, 0.717) is 6.42 Å². The Morgan fingerprint density at radius 3 is 2.19 bits per heavy atom. The molecule has 1 amide bonds. The molecule has 0 saturated carbocycles. The first-order valence-electron chi connectivity index (χ1n) is 7.10. The second-order valence-corrected chi connectivity index (χ2v) is 5.94. The lowest BCUT2D eigenvalue weighted by Gasteiger charge is -2.27. The summed E-state index contributed by atoms with van der Waals surface area (Å²) in [7, 11) is 2.11. The third-order valence-electron chi connectivity index (χ3n) is 3.30. The second-order valence-electron chi connectivity index (χ2n) is 4.93. The van der Waals surface area contributed by atoms with E-state index in [1.807, 2.05) is 0 Å². The van der Waals surface area contributed by atoms with Gasteiger partial charge in [0, 0.05) is 19.2 Å². The van der Waals surface area contributed by atoms with E-state index in [1.165, 1.54) is 7.05 Å². The molecule has 0 N–H and O–H groups in total. The van der Waals surface area contributed by atoms with Crippen LogP contribution in [0.1, 0.15) is 18.9 Å². The SMILES string of the molecule is CC/C(Cl)=N\OC(=O)N(C)c1ccc([C@](Cl)(C(=O)OC)C(F)(F)F)cc1. The highest BCUT2D eigenvalue weighted by Gasteiger charge is 2.61. The van der Waals surface area contributed by atoms with Crippen LogP contribution in [0.5, 0.6) is 0 Å². The Balaban J connectivity index is 3.10. The fraction of sp³-hybridized carbons (Fsp3) is 0.400. The topological polar surface area (TPSA) is 68.2 Å². The summed E-state index contributed by atoms with van der Waals surface area (Å²) in [6.45, 7) is 1.70. The molecule has 1 atom stereocenters. The summed E-state index contributed by atoms with van der Waals surface area (Å²) < 4.78 is 44.0. The molecular weight excluding hydrogens is 400 g/mol. The Morgan fingerprint density at radius 2 is 1.77 bits per heavy atom. The first-order chi connectivity index (χ1) is 12.0. The van der Waals surface area contributed by atoms with Gasteiger partial charge < -0.3 is 4.74 Å². The minimum absolute atomic E-state index is 0.0669. The number of carbonyl (C=O) groups excluding carboxylic acids is 2. The maximum absolute atomic E-state index is 13.3. The van der Waals surface area contributed by atoms with E-state index in [1.54, 1.807) is 6.92 Å². The highest BCUT2D eigenvalue weighted by atomic mass is 35.5. The first-order valence-corrected chi connectivity index (χ1v) is 7.86. The number of nitrogens with zero attached hydrogens (tertiary/aromatic N) is 2. The van der Waals surface area contributed by atoms with Crippen LogP contribution >= 0.6 is 23.2 Å². The van der Waals surface area contributed by atoms with Gasteiger partial charge in [0.05, 0.1) is 7.11 Å². The van der Waals surface area contributed by atoms with Crippen LogP contribution in [0.3, 0.4) is 0 Å². The van der Waals surface area contributed by atoms with Crippen molar-refractivity contribution in [3.8, 4) is 0 Å². The van der Waals surface area contributed by atoms with Crippen molar-refractivity contribution in [3.05, 3.63) is 29.8 Å². The fourth-order valence-corrected chi connectivity index (χ4v) is 2.01. The van der Waals surface area contributed by atoms with Crippen molar-refractivity contribution in [3.63, 3.8) is 0 Å². The number of oxime groups is 1. The lowest BCUT2D eigenvalue weighted by Crippen LogP contribution is -2.45. The van der Waals surface area contributed by atoms with Gasteiger partial charge >= 0.3 is 18.2 Å². The van der Waals surface area contributed by atoms with Gasteiger partial charge in [0.1, 0.15) is 5.17 Å². The monoisotopic (exact) mass is 414 g/mol. The zero-order valence-electron chi connectivity index (χ0n) is 13.9. The predicted molar refractivity (Wildman–Crippen MR) is 90.5 cm³/mol. The molecule has 0 bridgehead atoms. The smallest absolute Gasteiger partial charge is 0.440 e. The molecule has 11 heteroatoms. The maximum atomic E-state index is 13.3. The maximum Gasteiger partial charge on any atom is 0.440 e. The molecule has 0 fully saturated rings. The Bertz CT molecular complexity index is 695. The summed E-state index contributed by atoms with van der Waals surface area (Å²) in [4.78, 5) is 25.6. The summed E-state index contributed by atoms with van der Waals surface area (Å²) in [6, 6.07) is 4.23. The molecular formula is C15H15Cl2F3N2O4. The fourth-order valence-electron chi connectivity index (χ4n) is 1.77. The number of esters is 1. The number of anilines is 1. The molecule has 0 aliphatic heterocycles.